The molecule has 0 aliphatic heterocycles. The van der Waals surface area contributed by atoms with Crippen molar-refractivity contribution in [2.75, 3.05) is 15.9 Å². The number of carbonyl (C=O) groups excluding carboxylic acids is 1. The summed E-state index contributed by atoms with van der Waals surface area (Å²) in [5, 5.41) is 3.02. The first-order valence-corrected chi connectivity index (χ1v) is 9.22. The van der Waals surface area contributed by atoms with Gasteiger partial charge in [0.15, 0.2) is 0 Å². The molecule has 0 saturated heterocycles. The van der Waals surface area contributed by atoms with Crippen LogP contribution in [0.25, 0.3) is 0 Å². The summed E-state index contributed by atoms with van der Waals surface area (Å²) < 4.78 is 38.2. The second kappa shape index (κ2) is 7.19. The molecule has 0 aliphatic rings. The summed E-state index contributed by atoms with van der Waals surface area (Å²) in [6.45, 7) is 1.47. The Hall–Kier alpha value is -2.12. The zero-order valence-corrected chi connectivity index (χ0v) is 14.6. The van der Waals surface area contributed by atoms with E-state index < -0.39 is 27.8 Å². The van der Waals surface area contributed by atoms with Crippen molar-refractivity contribution < 1.29 is 17.6 Å². The SMILES string of the molecule is C[C@@H](C(=O)Nc1ccc(F)cc1)N(c1ccc(Cl)cc1)S(C)(=O)=O. The first-order chi connectivity index (χ1) is 11.2. The van der Waals surface area contributed by atoms with Gasteiger partial charge in [0.2, 0.25) is 15.9 Å². The molecule has 2 aromatic carbocycles. The fourth-order valence-corrected chi connectivity index (χ4v) is 3.48. The third-order valence-electron chi connectivity index (χ3n) is 3.28. The molecule has 2 aromatic rings. The van der Waals surface area contributed by atoms with Crippen molar-refractivity contribution in [3.05, 3.63) is 59.4 Å². The maximum atomic E-state index is 12.9. The van der Waals surface area contributed by atoms with Crippen LogP contribution in [0.2, 0.25) is 5.02 Å². The van der Waals surface area contributed by atoms with Gasteiger partial charge in [-0.25, -0.2) is 12.8 Å². The lowest BCUT2D eigenvalue weighted by Crippen LogP contribution is -2.45. The van der Waals surface area contributed by atoms with Crippen molar-refractivity contribution in [2.24, 2.45) is 0 Å². The van der Waals surface area contributed by atoms with E-state index in [1.807, 2.05) is 0 Å². The standard InChI is InChI=1S/C16H16ClFN2O3S/c1-11(16(21)19-14-7-5-13(18)6-8-14)20(24(2,22)23)15-9-3-12(17)4-10-15/h3-11H,1-2H3,(H,19,21)/t11-/m0/s1. The topological polar surface area (TPSA) is 66.5 Å². The minimum atomic E-state index is -3.70. The lowest BCUT2D eigenvalue weighted by atomic mass is 10.2. The monoisotopic (exact) mass is 370 g/mol. The summed E-state index contributed by atoms with van der Waals surface area (Å²) in [5.74, 6) is -0.970. The molecular formula is C16H16ClFN2O3S. The van der Waals surface area contributed by atoms with E-state index in [9.17, 15) is 17.6 Å². The predicted octanol–water partition coefficient (Wildman–Crippen LogP) is 3.27. The number of nitrogens with zero attached hydrogens (tertiary/aromatic N) is 1. The molecule has 24 heavy (non-hydrogen) atoms. The minimum absolute atomic E-state index is 0.323. The molecule has 1 amide bonds. The molecule has 0 aromatic heterocycles. The molecule has 0 unspecified atom stereocenters. The van der Waals surface area contributed by atoms with E-state index in [4.69, 9.17) is 11.6 Å². The second-order valence-corrected chi connectivity index (χ2v) is 7.50. The molecule has 0 spiro atoms. The van der Waals surface area contributed by atoms with Crippen LogP contribution in [0.1, 0.15) is 6.92 Å². The molecule has 128 valence electrons. The van der Waals surface area contributed by atoms with Crippen molar-refractivity contribution in [1.82, 2.24) is 0 Å². The number of hydrogen-bond acceptors (Lipinski definition) is 3. The number of anilines is 2. The average molecular weight is 371 g/mol. The fourth-order valence-electron chi connectivity index (χ4n) is 2.18. The summed E-state index contributed by atoms with van der Waals surface area (Å²) in [7, 11) is -3.70. The highest BCUT2D eigenvalue weighted by molar-refractivity contribution is 7.92. The molecular weight excluding hydrogens is 355 g/mol. The maximum absolute atomic E-state index is 12.9. The van der Waals surface area contributed by atoms with Crippen molar-refractivity contribution >= 4 is 38.9 Å². The van der Waals surface area contributed by atoms with E-state index in [2.05, 4.69) is 5.32 Å². The Morgan fingerprint density at radius 3 is 2.17 bits per heavy atom. The van der Waals surface area contributed by atoms with Gasteiger partial charge in [-0.2, -0.15) is 0 Å². The molecule has 1 atom stereocenters. The zero-order chi connectivity index (χ0) is 17.9. The van der Waals surface area contributed by atoms with Crippen LogP contribution in [0.3, 0.4) is 0 Å². The van der Waals surface area contributed by atoms with Crippen LogP contribution < -0.4 is 9.62 Å². The smallest absolute Gasteiger partial charge is 0.247 e. The lowest BCUT2D eigenvalue weighted by Gasteiger charge is -2.28. The van der Waals surface area contributed by atoms with E-state index in [0.29, 0.717) is 16.4 Å². The van der Waals surface area contributed by atoms with Crippen LogP contribution in [0, 0.1) is 5.82 Å². The zero-order valence-electron chi connectivity index (χ0n) is 13.0. The van der Waals surface area contributed by atoms with Gasteiger partial charge in [0.05, 0.1) is 11.9 Å². The van der Waals surface area contributed by atoms with Crippen molar-refractivity contribution in [2.45, 2.75) is 13.0 Å². The van der Waals surface area contributed by atoms with Gasteiger partial charge >= 0.3 is 0 Å². The Morgan fingerprint density at radius 2 is 1.67 bits per heavy atom. The van der Waals surface area contributed by atoms with Gasteiger partial charge in [0.25, 0.3) is 0 Å². The van der Waals surface area contributed by atoms with Crippen molar-refractivity contribution in [3.8, 4) is 0 Å². The Morgan fingerprint density at radius 1 is 1.12 bits per heavy atom. The van der Waals surface area contributed by atoms with Crippen LogP contribution in [0.5, 0.6) is 0 Å². The molecule has 0 radical (unpaired) electrons. The third-order valence-corrected chi connectivity index (χ3v) is 4.77. The van der Waals surface area contributed by atoms with Crippen molar-refractivity contribution in [3.63, 3.8) is 0 Å². The Balaban J connectivity index is 2.27. The van der Waals surface area contributed by atoms with Gasteiger partial charge in [-0.1, -0.05) is 11.6 Å². The number of benzene rings is 2. The van der Waals surface area contributed by atoms with Crippen molar-refractivity contribution in [1.29, 1.82) is 0 Å². The molecule has 5 nitrogen and oxygen atoms in total. The fraction of sp³-hybridized carbons (Fsp3) is 0.188. The Labute approximate surface area is 145 Å². The summed E-state index contributed by atoms with van der Waals surface area (Å²) >= 11 is 5.81. The number of sulfonamides is 1. The second-order valence-electron chi connectivity index (χ2n) is 5.21. The van der Waals surface area contributed by atoms with E-state index in [-0.39, 0.29) is 0 Å². The molecule has 0 aliphatic carbocycles. The number of rotatable bonds is 5. The molecule has 0 bridgehead atoms. The highest BCUT2D eigenvalue weighted by Gasteiger charge is 2.29. The van der Waals surface area contributed by atoms with E-state index in [1.54, 1.807) is 12.1 Å². The number of carbonyl (C=O) groups is 1. The van der Waals surface area contributed by atoms with E-state index >= 15 is 0 Å². The largest absolute Gasteiger partial charge is 0.324 e. The van der Waals surface area contributed by atoms with Crippen LogP contribution in [-0.4, -0.2) is 26.6 Å². The molecule has 1 N–H and O–H groups in total. The molecule has 0 fully saturated rings. The summed E-state index contributed by atoms with van der Waals surface area (Å²) in [4.78, 5) is 12.4. The summed E-state index contributed by atoms with van der Waals surface area (Å²) in [5.41, 5.74) is 0.696. The number of nitrogens with one attached hydrogen (secondary N) is 1. The Kier molecular flexibility index (Phi) is 5.46. The predicted molar refractivity (Wildman–Crippen MR) is 93.3 cm³/mol. The normalized spacial score (nSPS) is 12.5. The van der Waals surface area contributed by atoms with Gasteiger partial charge in [0.1, 0.15) is 11.9 Å². The van der Waals surface area contributed by atoms with Crippen LogP contribution in [0.4, 0.5) is 15.8 Å². The Bertz CT molecular complexity index is 823. The molecule has 8 heteroatoms. The summed E-state index contributed by atoms with van der Waals surface area (Å²) in [6.07, 6.45) is 1.02. The number of halogens is 2. The van der Waals surface area contributed by atoms with E-state index in [0.717, 1.165) is 10.6 Å². The van der Waals surface area contributed by atoms with Crippen LogP contribution in [-0.2, 0) is 14.8 Å². The van der Waals surface area contributed by atoms with Crippen LogP contribution in [0.15, 0.2) is 48.5 Å². The van der Waals surface area contributed by atoms with Gasteiger partial charge in [-0.05, 0) is 55.5 Å². The van der Waals surface area contributed by atoms with Crippen LogP contribution >= 0.6 is 11.6 Å². The number of amides is 1. The lowest BCUT2D eigenvalue weighted by molar-refractivity contribution is -0.116. The molecule has 0 heterocycles. The maximum Gasteiger partial charge on any atom is 0.247 e. The van der Waals surface area contributed by atoms with Gasteiger partial charge < -0.3 is 5.32 Å². The van der Waals surface area contributed by atoms with Gasteiger partial charge in [-0.3, -0.25) is 9.10 Å². The minimum Gasteiger partial charge on any atom is -0.324 e. The third kappa shape index (κ3) is 4.46. The highest BCUT2D eigenvalue weighted by Crippen LogP contribution is 2.23. The first-order valence-electron chi connectivity index (χ1n) is 7.00. The number of hydrogen-bond donors (Lipinski definition) is 1. The van der Waals surface area contributed by atoms with Gasteiger partial charge in [-0.15, -0.1) is 0 Å². The molecule has 0 saturated carbocycles. The quantitative estimate of drug-likeness (QED) is 0.878. The molecule has 2 rings (SSSR count). The van der Waals surface area contributed by atoms with Gasteiger partial charge in [0, 0.05) is 10.7 Å². The highest BCUT2D eigenvalue weighted by atomic mass is 35.5. The average Bonchev–Trinajstić information content (AvgIpc) is 2.50. The first kappa shape index (κ1) is 18.2. The summed E-state index contributed by atoms with van der Waals surface area (Å²) in [6, 6.07) is 10.3. The van der Waals surface area contributed by atoms with E-state index in [1.165, 1.54) is 43.3 Å².